The van der Waals surface area contributed by atoms with Crippen LogP contribution in [-0.4, -0.2) is 29.3 Å². The van der Waals surface area contributed by atoms with Gasteiger partial charge < -0.3 is 10.2 Å². The highest BCUT2D eigenvalue weighted by atomic mass is 35.5. The van der Waals surface area contributed by atoms with Crippen molar-refractivity contribution >= 4 is 35.0 Å². The maximum atomic E-state index is 13.2. The summed E-state index contributed by atoms with van der Waals surface area (Å²) in [4.78, 5) is 27.4. The molecular formula is C23H28Cl2N2O2. The summed E-state index contributed by atoms with van der Waals surface area (Å²) < 4.78 is 0. The van der Waals surface area contributed by atoms with Gasteiger partial charge in [0, 0.05) is 13.1 Å². The number of halogens is 2. The molecule has 0 heterocycles. The summed E-state index contributed by atoms with van der Waals surface area (Å²) in [6, 6.07) is 12.5. The summed E-state index contributed by atoms with van der Waals surface area (Å²) >= 11 is 12.1. The molecule has 0 aliphatic rings. The lowest BCUT2D eigenvalue weighted by Crippen LogP contribution is -2.48. The topological polar surface area (TPSA) is 49.4 Å². The molecule has 1 atom stereocenters. The molecule has 0 aliphatic heterocycles. The minimum Gasteiger partial charge on any atom is -0.354 e. The van der Waals surface area contributed by atoms with Gasteiger partial charge in [0.15, 0.2) is 0 Å². The van der Waals surface area contributed by atoms with Crippen LogP contribution in [0.5, 0.6) is 0 Å². The van der Waals surface area contributed by atoms with Crippen LogP contribution >= 0.6 is 23.2 Å². The molecule has 0 radical (unpaired) electrons. The molecule has 4 nitrogen and oxygen atoms in total. The monoisotopic (exact) mass is 434 g/mol. The minimum atomic E-state index is -0.593. The zero-order chi connectivity index (χ0) is 21.6. The maximum absolute atomic E-state index is 13.2. The molecule has 2 aromatic carbocycles. The van der Waals surface area contributed by atoms with E-state index in [1.165, 1.54) is 0 Å². The summed E-state index contributed by atoms with van der Waals surface area (Å²) in [7, 11) is 0. The Morgan fingerprint density at radius 2 is 1.72 bits per heavy atom. The van der Waals surface area contributed by atoms with Gasteiger partial charge >= 0.3 is 0 Å². The highest BCUT2D eigenvalue weighted by Crippen LogP contribution is 2.23. The third kappa shape index (κ3) is 7.06. The first-order chi connectivity index (χ1) is 13.7. The molecule has 2 aromatic rings. The molecule has 0 saturated heterocycles. The predicted octanol–water partition coefficient (Wildman–Crippen LogP) is 5.03. The lowest BCUT2D eigenvalue weighted by molar-refractivity contribution is -0.140. The molecule has 0 aliphatic carbocycles. The van der Waals surface area contributed by atoms with Gasteiger partial charge in [-0.15, -0.1) is 0 Å². The fourth-order valence-corrected chi connectivity index (χ4v) is 3.29. The lowest BCUT2D eigenvalue weighted by atomic mass is 10.1. The first-order valence-electron chi connectivity index (χ1n) is 9.74. The molecule has 1 N–H and O–H groups in total. The van der Waals surface area contributed by atoms with Gasteiger partial charge in [-0.1, -0.05) is 72.9 Å². The summed E-state index contributed by atoms with van der Waals surface area (Å²) in [5.41, 5.74) is 2.85. The van der Waals surface area contributed by atoms with E-state index in [9.17, 15) is 9.59 Å². The average Bonchev–Trinajstić information content (AvgIpc) is 2.66. The Bertz CT molecular complexity index is 868. The van der Waals surface area contributed by atoms with Crippen LogP contribution in [0.25, 0.3) is 0 Å². The van der Waals surface area contributed by atoms with Crippen molar-refractivity contribution in [1.82, 2.24) is 10.2 Å². The van der Waals surface area contributed by atoms with Gasteiger partial charge in [0.25, 0.3) is 0 Å². The van der Waals surface area contributed by atoms with E-state index >= 15 is 0 Å². The average molecular weight is 435 g/mol. The van der Waals surface area contributed by atoms with E-state index < -0.39 is 6.04 Å². The number of carbonyl (C=O) groups is 2. The molecule has 2 amide bonds. The van der Waals surface area contributed by atoms with Crippen molar-refractivity contribution in [3.8, 4) is 0 Å². The van der Waals surface area contributed by atoms with E-state index in [-0.39, 0.29) is 18.2 Å². The van der Waals surface area contributed by atoms with Gasteiger partial charge in [0.1, 0.15) is 6.04 Å². The number of rotatable bonds is 8. The fraction of sp³-hybridized carbons (Fsp3) is 0.391. The van der Waals surface area contributed by atoms with Crippen LogP contribution < -0.4 is 5.32 Å². The molecule has 0 fully saturated rings. The summed E-state index contributed by atoms with van der Waals surface area (Å²) in [6.07, 6.45) is 0.143. The highest BCUT2D eigenvalue weighted by Gasteiger charge is 2.26. The Kier molecular flexibility index (Phi) is 8.54. The van der Waals surface area contributed by atoms with Crippen LogP contribution in [0, 0.1) is 12.8 Å². The van der Waals surface area contributed by atoms with Crippen LogP contribution in [0.3, 0.4) is 0 Å². The van der Waals surface area contributed by atoms with Gasteiger partial charge in [-0.05, 0) is 43.0 Å². The number of aryl methyl sites for hydroxylation is 1. The second-order valence-corrected chi connectivity index (χ2v) is 8.57. The molecule has 6 heteroatoms. The zero-order valence-electron chi connectivity index (χ0n) is 17.3. The van der Waals surface area contributed by atoms with E-state index in [4.69, 9.17) is 23.2 Å². The Morgan fingerprint density at radius 3 is 2.34 bits per heavy atom. The molecule has 1 unspecified atom stereocenters. The molecule has 29 heavy (non-hydrogen) atoms. The molecule has 0 spiro atoms. The van der Waals surface area contributed by atoms with E-state index in [1.807, 2.05) is 45.0 Å². The SMILES string of the molecule is Cc1cccc(CN(C(=O)Cc2ccc(Cl)c(Cl)c2)C(C)C(=O)NCC(C)C)c1. The van der Waals surface area contributed by atoms with Crippen LogP contribution in [0.1, 0.15) is 37.5 Å². The number of benzene rings is 2. The maximum Gasteiger partial charge on any atom is 0.242 e. The predicted molar refractivity (Wildman–Crippen MR) is 119 cm³/mol. The van der Waals surface area contributed by atoms with Crippen LogP contribution in [-0.2, 0) is 22.6 Å². The van der Waals surface area contributed by atoms with Crippen molar-refractivity contribution in [3.63, 3.8) is 0 Å². The summed E-state index contributed by atoms with van der Waals surface area (Å²) in [5, 5.41) is 3.78. The second kappa shape index (κ2) is 10.7. The summed E-state index contributed by atoms with van der Waals surface area (Å²) in [5.74, 6) is 0.0363. The highest BCUT2D eigenvalue weighted by molar-refractivity contribution is 6.42. The molecule has 0 bridgehead atoms. The van der Waals surface area contributed by atoms with Crippen LogP contribution in [0.2, 0.25) is 10.0 Å². The Hall–Kier alpha value is -2.04. The van der Waals surface area contributed by atoms with E-state index in [0.717, 1.165) is 16.7 Å². The van der Waals surface area contributed by atoms with E-state index in [1.54, 1.807) is 30.0 Å². The third-order valence-corrected chi connectivity index (χ3v) is 5.37. The van der Waals surface area contributed by atoms with Gasteiger partial charge in [0.05, 0.1) is 16.5 Å². The largest absolute Gasteiger partial charge is 0.354 e. The molecule has 2 rings (SSSR count). The van der Waals surface area contributed by atoms with Gasteiger partial charge in [-0.25, -0.2) is 0 Å². The van der Waals surface area contributed by atoms with E-state index in [2.05, 4.69) is 5.32 Å². The Morgan fingerprint density at radius 1 is 1.00 bits per heavy atom. The number of amides is 2. The lowest BCUT2D eigenvalue weighted by Gasteiger charge is -2.29. The fourth-order valence-electron chi connectivity index (χ4n) is 2.97. The number of nitrogens with one attached hydrogen (secondary N) is 1. The van der Waals surface area contributed by atoms with Crippen molar-refractivity contribution in [3.05, 3.63) is 69.2 Å². The smallest absolute Gasteiger partial charge is 0.242 e. The van der Waals surface area contributed by atoms with Crippen molar-refractivity contribution in [2.45, 2.75) is 46.7 Å². The van der Waals surface area contributed by atoms with Gasteiger partial charge in [-0.3, -0.25) is 9.59 Å². The number of carbonyl (C=O) groups excluding carboxylic acids is 2. The van der Waals surface area contributed by atoms with Gasteiger partial charge in [0.2, 0.25) is 11.8 Å². The first kappa shape index (κ1) is 23.2. The van der Waals surface area contributed by atoms with E-state index in [0.29, 0.717) is 29.1 Å². The quantitative estimate of drug-likeness (QED) is 0.632. The Balaban J connectivity index is 2.23. The molecule has 0 saturated carbocycles. The number of hydrogen-bond acceptors (Lipinski definition) is 2. The van der Waals surface area contributed by atoms with Crippen molar-refractivity contribution in [2.24, 2.45) is 5.92 Å². The normalized spacial score (nSPS) is 12.0. The van der Waals surface area contributed by atoms with Crippen molar-refractivity contribution in [2.75, 3.05) is 6.54 Å². The third-order valence-electron chi connectivity index (χ3n) is 4.63. The van der Waals surface area contributed by atoms with Crippen molar-refractivity contribution in [1.29, 1.82) is 0 Å². The summed E-state index contributed by atoms with van der Waals surface area (Å²) in [6.45, 7) is 8.76. The number of nitrogens with zero attached hydrogens (tertiary/aromatic N) is 1. The standard InChI is InChI=1S/C23H28Cl2N2O2/c1-15(2)13-26-23(29)17(4)27(14-19-7-5-6-16(3)10-19)22(28)12-18-8-9-20(24)21(25)11-18/h5-11,15,17H,12-14H2,1-4H3,(H,26,29). The minimum absolute atomic E-state index is 0.142. The Labute approximate surface area is 183 Å². The molecule has 0 aromatic heterocycles. The number of hydrogen-bond donors (Lipinski definition) is 1. The zero-order valence-corrected chi connectivity index (χ0v) is 18.8. The molecule has 156 valence electrons. The van der Waals surface area contributed by atoms with Gasteiger partial charge in [-0.2, -0.15) is 0 Å². The molecular weight excluding hydrogens is 407 g/mol. The van der Waals surface area contributed by atoms with Crippen LogP contribution in [0.4, 0.5) is 0 Å². The first-order valence-corrected chi connectivity index (χ1v) is 10.5. The second-order valence-electron chi connectivity index (χ2n) is 7.75. The van der Waals surface area contributed by atoms with Crippen LogP contribution in [0.15, 0.2) is 42.5 Å². The van der Waals surface area contributed by atoms with Crippen molar-refractivity contribution < 1.29 is 9.59 Å².